The molecule has 1 N–H and O–H groups in total. The van der Waals surface area contributed by atoms with Crippen molar-refractivity contribution in [3.63, 3.8) is 0 Å². The Bertz CT molecular complexity index is 1220. The Morgan fingerprint density at radius 2 is 1.69 bits per heavy atom. The molecule has 1 aliphatic rings. The van der Waals surface area contributed by atoms with Crippen molar-refractivity contribution in [2.75, 3.05) is 19.5 Å². The van der Waals surface area contributed by atoms with Crippen LogP contribution in [-0.4, -0.2) is 45.9 Å². The lowest BCUT2D eigenvalue weighted by atomic mass is 9.95. The standard InChI is InChI=1S/C27H32N4O4S/c1-17(32)19-10-13-21(14-11-19)28-26(33)18(2)36-27-30-29-25(31(27)22-8-6-5-7-9-22)20-12-15-23(34-3)24(16-20)35-4/h10-16,18,22H,5-9H2,1-4H3,(H,28,33). The maximum absolute atomic E-state index is 13.0. The molecule has 1 aromatic heterocycles. The fraction of sp³-hybridized carbons (Fsp3) is 0.407. The van der Waals surface area contributed by atoms with Gasteiger partial charge in [0.1, 0.15) is 0 Å². The van der Waals surface area contributed by atoms with Gasteiger partial charge in [-0.05, 0) is 69.2 Å². The van der Waals surface area contributed by atoms with E-state index in [1.54, 1.807) is 38.5 Å². The van der Waals surface area contributed by atoms with Gasteiger partial charge in [0.15, 0.2) is 28.3 Å². The number of thioether (sulfide) groups is 1. The summed E-state index contributed by atoms with van der Waals surface area (Å²) in [5.74, 6) is 1.90. The predicted octanol–water partition coefficient (Wildman–Crippen LogP) is 5.79. The molecule has 1 unspecified atom stereocenters. The van der Waals surface area contributed by atoms with Crippen LogP contribution >= 0.6 is 11.8 Å². The minimum absolute atomic E-state index is 0.0101. The van der Waals surface area contributed by atoms with E-state index in [1.807, 2.05) is 25.1 Å². The van der Waals surface area contributed by atoms with E-state index in [9.17, 15) is 9.59 Å². The second kappa shape index (κ2) is 11.6. The molecule has 9 heteroatoms. The quantitative estimate of drug-likeness (QED) is 0.289. The Labute approximate surface area is 215 Å². The van der Waals surface area contributed by atoms with E-state index >= 15 is 0 Å². The van der Waals surface area contributed by atoms with Gasteiger partial charge in [-0.3, -0.25) is 14.2 Å². The van der Waals surface area contributed by atoms with Crippen molar-refractivity contribution < 1.29 is 19.1 Å². The summed E-state index contributed by atoms with van der Waals surface area (Å²) < 4.78 is 13.1. The minimum atomic E-state index is -0.401. The van der Waals surface area contributed by atoms with Crippen molar-refractivity contribution in [2.24, 2.45) is 0 Å². The van der Waals surface area contributed by atoms with Crippen LogP contribution in [0.4, 0.5) is 5.69 Å². The lowest BCUT2D eigenvalue weighted by Crippen LogP contribution is -2.23. The van der Waals surface area contributed by atoms with E-state index in [0.29, 0.717) is 22.7 Å². The van der Waals surface area contributed by atoms with Gasteiger partial charge in [-0.1, -0.05) is 31.0 Å². The van der Waals surface area contributed by atoms with Crippen molar-refractivity contribution in [1.29, 1.82) is 0 Å². The molecule has 4 rings (SSSR count). The first kappa shape index (κ1) is 25.8. The van der Waals surface area contributed by atoms with Gasteiger partial charge in [0.25, 0.3) is 0 Å². The molecule has 2 aromatic carbocycles. The van der Waals surface area contributed by atoms with Gasteiger partial charge >= 0.3 is 0 Å². The zero-order valence-electron chi connectivity index (χ0n) is 21.1. The fourth-order valence-electron chi connectivity index (χ4n) is 4.44. The Kier molecular flexibility index (Phi) is 8.30. The Balaban J connectivity index is 1.58. The number of aromatic nitrogens is 3. The number of amides is 1. The van der Waals surface area contributed by atoms with E-state index in [1.165, 1.54) is 25.1 Å². The molecule has 1 heterocycles. The van der Waals surface area contributed by atoms with Gasteiger partial charge in [-0.15, -0.1) is 10.2 Å². The van der Waals surface area contributed by atoms with E-state index in [0.717, 1.165) is 42.2 Å². The molecule has 1 saturated carbocycles. The van der Waals surface area contributed by atoms with E-state index in [2.05, 4.69) is 20.1 Å². The van der Waals surface area contributed by atoms with Crippen LogP contribution in [0.25, 0.3) is 11.4 Å². The summed E-state index contributed by atoms with van der Waals surface area (Å²) in [6.07, 6.45) is 5.65. The van der Waals surface area contributed by atoms with Crippen molar-refractivity contribution in [3.8, 4) is 22.9 Å². The number of hydrogen-bond donors (Lipinski definition) is 1. The number of hydrogen-bond acceptors (Lipinski definition) is 7. The van der Waals surface area contributed by atoms with Gasteiger partial charge in [-0.25, -0.2) is 0 Å². The summed E-state index contributed by atoms with van der Waals surface area (Å²) in [5.41, 5.74) is 2.15. The van der Waals surface area contributed by atoms with Crippen molar-refractivity contribution in [3.05, 3.63) is 48.0 Å². The molecule has 1 atom stereocenters. The first-order valence-electron chi connectivity index (χ1n) is 12.2. The maximum Gasteiger partial charge on any atom is 0.237 e. The predicted molar refractivity (Wildman–Crippen MR) is 141 cm³/mol. The third-order valence-electron chi connectivity index (χ3n) is 6.46. The number of ether oxygens (including phenoxy) is 2. The number of ketones is 1. The van der Waals surface area contributed by atoms with E-state index < -0.39 is 5.25 Å². The zero-order chi connectivity index (χ0) is 25.7. The average molecular weight is 509 g/mol. The molecule has 3 aromatic rings. The summed E-state index contributed by atoms with van der Waals surface area (Å²) in [4.78, 5) is 24.5. The molecule has 0 aliphatic heterocycles. The largest absolute Gasteiger partial charge is 0.493 e. The summed E-state index contributed by atoms with van der Waals surface area (Å²) in [7, 11) is 3.23. The summed E-state index contributed by atoms with van der Waals surface area (Å²) in [6.45, 7) is 3.38. The number of rotatable bonds is 9. The monoisotopic (exact) mass is 508 g/mol. The van der Waals surface area contributed by atoms with Crippen LogP contribution in [0.2, 0.25) is 0 Å². The molecule has 8 nitrogen and oxygen atoms in total. The van der Waals surface area contributed by atoms with Crippen LogP contribution in [-0.2, 0) is 4.79 Å². The molecule has 0 saturated heterocycles. The van der Waals surface area contributed by atoms with Crippen LogP contribution in [0.1, 0.15) is 62.4 Å². The molecular formula is C27H32N4O4S. The summed E-state index contributed by atoms with van der Waals surface area (Å²) >= 11 is 1.40. The van der Waals surface area contributed by atoms with Crippen LogP contribution in [0.15, 0.2) is 47.6 Å². The molecule has 0 bridgehead atoms. The first-order valence-corrected chi connectivity index (χ1v) is 13.0. The topological polar surface area (TPSA) is 95.3 Å². The molecule has 36 heavy (non-hydrogen) atoms. The highest BCUT2D eigenvalue weighted by molar-refractivity contribution is 8.00. The molecule has 1 fully saturated rings. The number of nitrogens with one attached hydrogen (secondary N) is 1. The second-order valence-corrected chi connectivity index (χ2v) is 10.2. The fourth-order valence-corrected chi connectivity index (χ4v) is 5.36. The van der Waals surface area contributed by atoms with Gasteiger partial charge < -0.3 is 14.8 Å². The zero-order valence-corrected chi connectivity index (χ0v) is 21.9. The van der Waals surface area contributed by atoms with Crippen molar-refractivity contribution in [1.82, 2.24) is 14.8 Å². The second-order valence-electron chi connectivity index (χ2n) is 8.92. The summed E-state index contributed by atoms with van der Waals surface area (Å²) in [6, 6.07) is 12.9. The highest BCUT2D eigenvalue weighted by Crippen LogP contribution is 2.38. The van der Waals surface area contributed by atoms with Gasteiger partial charge in [-0.2, -0.15) is 0 Å². The number of Topliss-reactive ketones (excluding diaryl/α,β-unsaturated/α-hetero) is 1. The minimum Gasteiger partial charge on any atom is -0.493 e. The molecular weight excluding hydrogens is 476 g/mol. The van der Waals surface area contributed by atoms with Gasteiger partial charge in [0.2, 0.25) is 5.91 Å². The molecule has 0 spiro atoms. The smallest absolute Gasteiger partial charge is 0.237 e. The highest BCUT2D eigenvalue weighted by atomic mass is 32.2. The normalized spacial score (nSPS) is 14.8. The Hall–Kier alpha value is -3.33. The average Bonchev–Trinajstić information content (AvgIpc) is 3.32. The number of benzene rings is 2. The number of nitrogens with zero attached hydrogens (tertiary/aromatic N) is 3. The Morgan fingerprint density at radius 1 is 1.00 bits per heavy atom. The van der Waals surface area contributed by atoms with Crippen LogP contribution in [0, 0.1) is 0 Å². The van der Waals surface area contributed by atoms with Crippen LogP contribution < -0.4 is 14.8 Å². The third kappa shape index (κ3) is 5.73. The van der Waals surface area contributed by atoms with Crippen LogP contribution in [0.5, 0.6) is 11.5 Å². The molecule has 1 amide bonds. The van der Waals surface area contributed by atoms with E-state index in [-0.39, 0.29) is 17.7 Å². The maximum atomic E-state index is 13.0. The van der Waals surface area contributed by atoms with Crippen molar-refractivity contribution >= 4 is 29.1 Å². The number of methoxy groups -OCH3 is 2. The molecule has 1 aliphatic carbocycles. The highest BCUT2D eigenvalue weighted by Gasteiger charge is 2.27. The van der Waals surface area contributed by atoms with Crippen molar-refractivity contribution in [2.45, 2.75) is 62.4 Å². The summed E-state index contributed by atoms with van der Waals surface area (Å²) in [5, 5.41) is 12.3. The van der Waals surface area contributed by atoms with Gasteiger partial charge in [0.05, 0.1) is 19.5 Å². The molecule has 0 radical (unpaired) electrons. The number of carbonyl (C=O) groups is 2. The molecule has 190 valence electrons. The lowest BCUT2D eigenvalue weighted by Gasteiger charge is -2.26. The number of anilines is 1. The SMILES string of the molecule is COc1ccc(-c2nnc(SC(C)C(=O)Nc3ccc(C(C)=O)cc3)n2C2CCCCC2)cc1OC. The van der Waals surface area contributed by atoms with Crippen LogP contribution in [0.3, 0.4) is 0 Å². The Morgan fingerprint density at radius 3 is 2.33 bits per heavy atom. The van der Waals surface area contributed by atoms with Gasteiger partial charge in [0, 0.05) is 22.9 Å². The lowest BCUT2D eigenvalue weighted by molar-refractivity contribution is -0.115. The van der Waals surface area contributed by atoms with E-state index in [4.69, 9.17) is 9.47 Å². The first-order chi connectivity index (χ1) is 17.4. The number of carbonyl (C=O) groups excluding carboxylic acids is 2. The third-order valence-corrected chi connectivity index (χ3v) is 7.51.